The standard InChI is InChI=1S/C28H31FN6O3/c1-2-24(27-31-32-33-35(27)22-5-3-4-6-22)34(16-18-7-9-21(29)10-8-18)17-20-13-19-14-25-26(38-12-11-37-25)15-23(19)30-28(20)36/h7-10,13-15,22,24H,2-6,11-12,16-17H2,1H3,(H,30,36)/t24-/m0/s1. The summed E-state index contributed by atoms with van der Waals surface area (Å²) >= 11 is 0. The van der Waals surface area contributed by atoms with E-state index in [1.807, 2.05) is 22.9 Å². The fourth-order valence-corrected chi connectivity index (χ4v) is 5.66. The lowest BCUT2D eigenvalue weighted by Gasteiger charge is -2.31. The van der Waals surface area contributed by atoms with Crippen LogP contribution in [0.2, 0.25) is 0 Å². The Labute approximate surface area is 219 Å². The summed E-state index contributed by atoms with van der Waals surface area (Å²) in [7, 11) is 0. The molecule has 1 atom stereocenters. The molecule has 1 saturated carbocycles. The van der Waals surface area contributed by atoms with Crippen LogP contribution in [0.1, 0.15) is 68.1 Å². The lowest BCUT2D eigenvalue weighted by atomic mass is 10.1. The van der Waals surface area contributed by atoms with Crippen molar-refractivity contribution in [2.75, 3.05) is 13.2 Å². The molecule has 3 heterocycles. The molecule has 0 spiro atoms. The van der Waals surface area contributed by atoms with Gasteiger partial charge in [0.25, 0.3) is 5.56 Å². The van der Waals surface area contributed by atoms with Gasteiger partial charge < -0.3 is 14.5 Å². The SMILES string of the molecule is CC[C@@H](c1nnnn1C1CCCC1)N(Cc1ccc(F)cc1)Cc1cc2cc3c(cc2[nH]c1=O)OCCO3. The Morgan fingerprint density at radius 2 is 1.82 bits per heavy atom. The average molecular weight is 519 g/mol. The van der Waals surface area contributed by atoms with Gasteiger partial charge in [-0.15, -0.1) is 5.10 Å². The van der Waals surface area contributed by atoms with Crippen molar-refractivity contribution < 1.29 is 13.9 Å². The van der Waals surface area contributed by atoms with Crippen LogP contribution in [0, 0.1) is 5.82 Å². The van der Waals surface area contributed by atoms with Gasteiger partial charge in [-0.3, -0.25) is 9.69 Å². The van der Waals surface area contributed by atoms with E-state index >= 15 is 0 Å². The monoisotopic (exact) mass is 518 g/mol. The lowest BCUT2D eigenvalue weighted by molar-refractivity contribution is 0.158. The summed E-state index contributed by atoms with van der Waals surface area (Å²) in [6.45, 7) is 3.96. The van der Waals surface area contributed by atoms with Gasteiger partial charge >= 0.3 is 0 Å². The number of aromatic nitrogens is 5. The zero-order valence-electron chi connectivity index (χ0n) is 21.4. The number of H-pyrrole nitrogens is 1. The molecule has 38 heavy (non-hydrogen) atoms. The molecular formula is C28H31FN6O3. The summed E-state index contributed by atoms with van der Waals surface area (Å²) in [5.41, 5.74) is 2.10. The van der Waals surface area contributed by atoms with Gasteiger partial charge in [0.1, 0.15) is 19.0 Å². The molecule has 198 valence electrons. The molecule has 2 aliphatic rings. The molecule has 4 aromatic rings. The number of halogens is 1. The molecule has 10 heteroatoms. The van der Waals surface area contributed by atoms with Crippen LogP contribution in [0.15, 0.2) is 47.3 Å². The molecule has 0 saturated heterocycles. The Bertz CT molecular complexity index is 1480. The van der Waals surface area contributed by atoms with Crippen LogP contribution >= 0.6 is 0 Å². The van der Waals surface area contributed by atoms with Crippen molar-refractivity contribution in [3.63, 3.8) is 0 Å². The molecule has 0 unspecified atom stereocenters. The van der Waals surface area contributed by atoms with E-state index in [2.05, 4.69) is 32.3 Å². The van der Waals surface area contributed by atoms with Crippen LogP contribution in [0.3, 0.4) is 0 Å². The maximum absolute atomic E-state index is 13.7. The molecule has 2 aromatic heterocycles. The predicted molar refractivity (Wildman–Crippen MR) is 140 cm³/mol. The molecule has 0 radical (unpaired) electrons. The first-order valence-corrected chi connectivity index (χ1v) is 13.3. The number of tetrazole rings is 1. The zero-order chi connectivity index (χ0) is 26.1. The molecule has 9 nitrogen and oxygen atoms in total. The van der Waals surface area contributed by atoms with E-state index in [-0.39, 0.29) is 17.4 Å². The summed E-state index contributed by atoms with van der Waals surface area (Å²) in [5, 5.41) is 13.7. The summed E-state index contributed by atoms with van der Waals surface area (Å²) in [6, 6.07) is 12.3. The number of aromatic amines is 1. The highest BCUT2D eigenvalue weighted by molar-refractivity contribution is 5.83. The Kier molecular flexibility index (Phi) is 6.80. The van der Waals surface area contributed by atoms with E-state index < -0.39 is 0 Å². The topological polar surface area (TPSA) is 98.2 Å². The number of ether oxygens (including phenoxy) is 2. The van der Waals surface area contributed by atoms with Gasteiger partial charge in [0.05, 0.1) is 17.6 Å². The molecule has 1 aliphatic carbocycles. The second-order valence-electron chi connectivity index (χ2n) is 10.1. The average Bonchev–Trinajstić information content (AvgIpc) is 3.62. The van der Waals surface area contributed by atoms with Crippen LogP contribution in [-0.2, 0) is 13.1 Å². The largest absolute Gasteiger partial charge is 0.486 e. The fraction of sp³-hybridized carbons (Fsp3) is 0.429. The third-order valence-electron chi connectivity index (χ3n) is 7.57. The minimum Gasteiger partial charge on any atom is -0.486 e. The third-order valence-corrected chi connectivity index (χ3v) is 7.57. The van der Waals surface area contributed by atoms with Gasteiger partial charge in [0.15, 0.2) is 17.3 Å². The first kappa shape index (κ1) is 24.5. The van der Waals surface area contributed by atoms with Gasteiger partial charge in [-0.2, -0.15) is 0 Å². The van der Waals surface area contributed by atoms with E-state index in [1.165, 1.54) is 25.0 Å². The highest BCUT2D eigenvalue weighted by Crippen LogP contribution is 2.35. The van der Waals surface area contributed by atoms with Gasteiger partial charge in [0, 0.05) is 30.1 Å². The van der Waals surface area contributed by atoms with Gasteiger partial charge in [-0.05, 0) is 59.5 Å². The van der Waals surface area contributed by atoms with Crippen molar-refractivity contribution in [2.24, 2.45) is 0 Å². The smallest absolute Gasteiger partial charge is 0.252 e. The maximum Gasteiger partial charge on any atom is 0.252 e. The van der Waals surface area contributed by atoms with Crippen LogP contribution < -0.4 is 15.0 Å². The first-order chi connectivity index (χ1) is 18.6. The van der Waals surface area contributed by atoms with Crippen LogP contribution in [-0.4, -0.2) is 43.3 Å². The quantitative estimate of drug-likeness (QED) is 0.361. The molecule has 1 aliphatic heterocycles. The number of hydrogen-bond donors (Lipinski definition) is 1. The van der Waals surface area contributed by atoms with Gasteiger partial charge in [-0.25, -0.2) is 9.07 Å². The molecule has 6 rings (SSSR count). The zero-order valence-corrected chi connectivity index (χ0v) is 21.4. The van der Waals surface area contributed by atoms with Gasteiger partial charge in [0.2, 0.25) is 0 Å². The minimum atomic E-state index is -0.280. The third kappa shape index (κ3) is 4.88. The molecule has 0 amide bonds. The Morgan fingerprint density at radius 3 is 2.55 bits per heavy atom. The number of hydrogen-bond acceptors (Lipinski definition) is 7. The predicted octanol–water partition coefficient (Wildman–Crippen LogP) is 4.69. The summed E-state index contributed by atoms with van der Waals surface area (Å²) in [4.78, 5) is 18.5. The van der Waals surface area contributed by atoms with E-state index in [4.69, 9.17) is 9.47 Å². The van der Waals surface area contributed by atoms with Crippen molar-refractivity contribution in [1.82, 2.24) is 30.1 Å². The molecule has 2 aromatic carbocycles. The fourth-order valence-electron chi connectivity index (χ4n) is 5.66. The Hall–Kier alpha value is -3.79. The Balaban J connectivity index is 1.38. The van der Waals surface area contributed by atoms with Crippen molar-refractivity contribution in [2.45, 2.75) is 64.2 Å². The van der Waals surface area contributed by atoms with Crippen LogP contribution in [0.25, 0.3) is 10.9 Å². The normalized spacial score (nSPS) is 16.4. The first-order valence-electron chi connectivity index (χ1n) is 13.3. The Morgan fingerprint density at radius 1 is 1.08 bits per heavy atom. The van der Waals surface area contributed by atoms with E-state index in [0.717, 1.165) is 36.0 Å². The molecule has 1 fully saturated rings. The van der Waals surface area contributed by atoms with E-state index in [0.29, 0.717) is 54.9 Å². The molecule has 0 bridgehead atoms. The number of nitrogens with zero attached hydrogens (tertiary/aromatic N) is 5. The minimum absolute atomic E-state index is 0.133. The highest BCUT2D eigenvalue weighted by atomic mass is 19.1. The van der Waals surface area contributed by atoms with E-state index in [1.54, 1.807) is 12.1 Å². The number of pyridine rings is 1. The van der Waals surface area contributed by atoms with Crippen LogP contribution in [0.4, 0.5) is 4.39 Å². The van der Waals surface area contributed by atoms with Crippen molar-refractivity contribution >= 4 is 10.9 Å². The summed E-state index contributed by atoms with van der Waals surface area (Å²) < 4.78 is 27.1. The van der Waals surface area contributed by atoms with Crippen molar-refractivity contribution in [3.8, 4) is 11.5 Å². The van der Waals surface area contributed by atoms with Crippen LogP contribution in [0.5, 0.6) is 11.5 Å². The van der Waals surface area contributed by atoms with Gasteiger partial charge in [-0.1, -0.05) is 31.9 Å². The van der Waals surface area contributed by atoms with Crippen molar-refractivity contribution in [1.29, 1.82) is 0 Å². The van der Waals surface area contributed by atoms with Crippen molar-refractivity contribution in [3.05, 3.63) is 75.6 Å². The number of rotatable bonds is 8. The maximum atomic E-state index is 13.7. The summed E-state index contributed by atoms with van der Waals surface area (Å²) in [6.07, 6.45) is 5.22. The number of benzene rings is 2. The number of nitrogens with one attached hydrogen (secondary N) is 1. The number of fused-ring (bicyclic) bond motifs is 2. The second-order valence-corrected chi connectivity index (χ2v) is 10.1. The second kappa shape index (κ2) is 10.5. The molecule has 1 N–H and O–H groups in total. The lowest BCUT2D eigenvalue weighted by Crippen LogP contribution is -2.32. The summed E-state index contributed by atoms with van der Waals surface area (Å²) in [5.74, 6) is 1.83. The highest BCUT2D eigenvalue weighted by Gasteiger charge is 2.30. The van der Waals surface area contributed by atoms with E-state index in [9.17, 15) is 9.18 Å². The molecular weight excluding hydrogens is 487 g/mol.